The summed E-state index contributed by atoms with van der Waals surface area (Å²) in [6.07, 6.45) is 4.97. The van der Waals surface area contributed by atoms with E-state index in [1.165, 1.54) is 19.4 Å². The molecule has 2 unspecified atom stereocenters. The smallest absolute Gasteiger partial charge is 0.145 e. The van der Waals surface area contributed by atoms with Gasteiger partial charge in [0.1, 0.15) is 11.7 Å². The van der Waals surface area contributed by atoms with Crippen LogP contribution in [0.25, 0.3) is 0 Å². The normalized spacial score (nSPS) is 22.4. The van der Waals surface area contributed by atoms with E-state index in [1.807, 2.05) is 13.0 Å². The van der Waals surface area contributed by atoms with E-state index in [4.69, 9.17) is 5.26 Å². The van der Waals surface area contributed by atoms with Crippen molar-refractivity contribution in [3.63, 3.8) is 0 Å². The van der Waals surface area contributed by atoms with Crippen molar-refractivity contribution in [1.82, 2.24) is 14.9 Å². The summed E-state index contributed by atoms with van der Waals surface area (Å²) in [7, 11) is 2.15. The largest absolute Gasteiger partial charge is 0.306 e. The van der Waals surface area contributed by atoms with Crippen LogP contribution in [0.1, 0.15) is 49.5 Å². The van der Waals surface area contributed by atoms with Crippen LogP contribution in [0.15, 0.2) is 12.3 Å². The SMILES string of the molecule is CCC(C#N)c1nccc(C2CCCN(C)C2)n1. The number of hydrogen-bond acceptors (Lipinski definition) is 4. The minimum atomic E-state index is -0.175. The number of aromatic nitrogens is 2. The fraction of sp³-hybridized carbons (Fsp3) is 0.643. The summed E-state index contributed by atoms with van der Waals surface area (Å²) in [5.74, 6) is 0.999. The van der Waals surface area contributed by atoms with Gasteiger partial charge in [0.15, 0.2) is 0 Å². The molecule has 4 heteroatoms. The van der Waals surface area contributed by atoms with E-state index >= 15 is 0 Å². The monoisotopic (exact) mass is 244 g/mol. The Kier molecular flexibility index (Phi) is 4.27. The van der Waals surface area contributed by atoms with Crippen LogP contribution in [0, 0.1) is 11.3 Å². The van der Waals surface area contributed by atoms with Crippen molar-refractivity contribution >= 4 is 0 Å². The molecule has 18 heavy (non-hydrogen) atoms. The summed E-state index contributed by atoms with van der Waals surface area (Å²) in [5.41, 5.74) is 1.10. The summed E-state index contributed by atoms with van der Waals surface area (Å²) in [4.78, 5) is 11.2. The fourth-order valence-electron chi connectivity index (χ4n) is 2.52. The highest BCUT2D eigenvalue weighted by Crippen LogP contribution is 2.25. The molecule has 1 aliphatic rings. The van der Waals surface area contributed by atoms with E-state index in [-0.39, 0.29) is 5.92 Å². The third kappa shape index (κ3) is 2.85. The summed E-state index contributed by atoms with van der Waals surface area (Å²) >= 11 is 0. The zero-order chi connectivity index (χ0) is 13.0. The lowest BCUT2D eigenvalue weighted by atomic mass is 9.94. The molecule has 0 radical (unpaired) electrons. The first-order valence-electron chi connectivity index (χ1n) is 6.65. The van der Waals surface area contributed by atoms with Crippen molar-refractivity contribution in [1.29, 1.82) is 5.26 Å². The molecule has 2 atom stereocenters. The molecule has 1 fully saturated rings. The van der Waals surface area contributed by atoms with Gasteiger partial charge in [0.2, 0.25) is 0 Å². The lowest BCUT2D eigenvalue weighted by molar-refractivity contribution is 0.248. The van der Waals surface area contributed by atoms with Gasteiger partial charge in [0.25, 0.3) is 0 Å². The van der Waals surface area contributed by atoms with E-state index in [0.29, 0.717) is 11.7 Å². The van der Waals surface area contributed by atoms with Crippen LogP contribution in [0.3, 0.4) is 0 Å². The molecule has 0 aromatic carbocycles. The third-order valence-electron chi connectivity index (χ3n) is 3.61. The fourth-order valence-corrected chi connectivity index (χ4v) is 2.52. The van der Waals surface area contributed by atoms with Crippen molar-refractivity contribution in [2.75, 3.05) is 20.1 Å². The van der Waals surface area contributed by atoms with Gasteiger partial charge < -0.3 is 4.90 Å². The second-order valence-electron chi connectivity index (χ2n) is 5.03. The first kappa shape index (κ1) is 13.0. The number of rotatable bonds is 3. The second kappa shape index (κ2) is 5.92. The summed E-state index contributed by atoms with van der Waals surface area (Å²) < 4.78 is 0. The highest BCUT2D eigenvalue weighted by molar-refractivity contribution is 5.15. The van der Waals surface area contributed by atoms with Gasteiger partial charge in [-0.2, -0.15) is 5.26 Å². The van der Waals surface area contributed by atoms with Gasteiger partial charge >= 0.3 is 0 Å². The minimum absolute atomic E-state index is 0.175. The first-order chi connectivity index (χ1) is 8.74. The number of nitriles is 1. The Morgan fingerprint density at radius 3 is 3.11 bits per heavy atom. The van der Waals surface area contributed by atoms with Gasteiger partial charge in [-0.15, -0.1) is 0 Å². The van der Waals surface area contributed by atoms with Gasteiger partial charge in [-0.05, 0) is 38.9 Å². The number of piperidine rings is 1. The van der Waals surface area contributed by atoms with E-state index in [9.17, 15) is 0 Å². The zero-order valence-electron chi connectivity index (χ0n) is 11.1. The molecule has 0 amide bonds. The van der Waals surface area contributed by atoms with Crippen LogP contribution in [0.5, 0.6) is 0 Å². The summed E-state index contributed by atoms with van der Waals surface area (Å²) in [6, 6.07) is 4.27. The maximum absolute atomic E-state index is 9.08. The van der Waals surface area contributed by atoms with Gasteiger partial charge in [-0.1, -0.05) is 6.92 Å². The van der Waals surface area contributed by atoms with E-state index in [0.717, 1.165) is 18.7 Å². The Balaban J connectivity index is 2.19. The molecule has 2 rings (SSSR count). The Hall–Kier alpha value is -1.47. The van der Waals surface area contributed by atoms with Gasteiger partial charge in [-0.25, -0.2) is 9.97 Å². The molecule has 0 spiro atoms. The number of hydrogen-bond donors (Lipinski definition) is 0. The molecule has 1 saturated heterocycles. The standard InChI is InChI=1S/C14H20N4/c1-3-11(9-15)14-16-7-6-13(17-14)12-5-4-8-18(2)10-12/h6-7,11-12H,3-5,8,10H2,1-2H3. The van der Waals surface area contributed by atoms with Crippen molar-refractivity contribution in [3.05, 3.63) is 23.8 Å². The first-order valence-corrected chi connectivity index (χ1v) is 6.65. The Bertz CT molecular complexity index is 438. The summed E-state index contributed by atoms with van der Waals surface area (Å²) in [5, 5.41) is 9.08. The predicted octanol–water partition coefficient (Wildman–Crippen LogP) is 2.30. The number of likely N-dealkylation sites (tertiary alicyclic amines) is 1. The van der Waals surface area contributed by atoms with E-state index in [1.54, 1.807) is 6.20 Å². The molecule has 1 aliphatic heterocycles. The molecule has 0 bridgehead atoms. The average molecular weight is 244 g/mol. The molecule has 0 saturated carbocycles. The second-order valence-corrected chi connectivity index (χ2v) is 5.03. The number of likely N-dealkylation sites (N-methyl/N-ethyl adjacent to an activating group) is 1. The predicted molar refractivity (Wildman–Crippen MR) is 70.1 cm³/mol. The zero-order valence-corrected chi connectivity index (χ0v) is 11.1. The highest BCUT2D eigenvalue weighted by atomic mass is 15.1. The lowest BCUT2D eigenvalue weighted by Crippen LogP contribution is -2.31. The molecule has 0 aliphatic carbocycles. The Morgan fingerprint density at radius 2 is 2.44 bits per heavy atom. The molecule has 0 N–H and O–H groups in total. The van der Waals surface area contributed by atoms with Gasteiger partial charge in [0.05, 0.1) is 6.07 Å². The van der Waals surface area contributed by atoms with Crippen LogP contribution >= 0.6 is 0 Å². The quantitative estimate of drug-likeness (QED) is 0.818. The molecule has 96 valence electrons. The number of nitrogens with zero attached hydrogens (tertiary/aromatic N) is 4. The highest BCUT2D eigenvalue weighted by Gasteiger charge is 2.21. The average Bonchev–Trinajstić information content (AvgIpc) is 2.41. The lowest BCUT2D eigenvalue weighted by Gasteiger charge is -2.29. The van der Waals surface area contributed by atoms with Crippen LogP contribution in [0.4, 0.5) is 0 Å². The van der Waals surface area contributed by atoms with Crippen LogP contribution in [0.2, 0.25) is 0 Å². The molecule has 1 aromatic rings. The molecular weight excluding hydrogens is 224 g/mol. The van der Waals surface area contributed by atoms with Crippen molar-refractivity contribution in [2.45, 2.75) is 38.0 Å². The van der Waals surface area contributed by atoms with Crippen LogP contribution in [-0.2, 0) is 0 Å². The van der Waals surface area contributed by atoms with Crippen molar-refractivity contribution in [2.24, 2.45) is 0 Å². The van der Waals surface area contributed by atoms with E-state index in [2.05, 4.69) is 28.0 Å². The van der Waals surface area contributed by atoms with Gasteiger partial charge in [0, 0.05) is 24.4 Å². The van der Waals surface area contributed by atoms with Crippen LogP contribution in [-0.4, -0.2) is 35.0 Å². The molecule has 2 heterocycles. The van der Waals surface area contributed by atoms with Crippen LogP contribution < -0.4 is 0 Å². The third-order valence-corrected chi connectivity index (χ3v) is 3.61. The summed E-state index contributed by atoms with van der Waals surface area (Å²) in [6.45, 7) is 4.22. The van der Waals surface area contributed by atoms with E-state index < -0.39 is 0 Å². The van der Waals surface area contributed by atoms with Crippen molar-refractivity contribution in [3.8, 4) is 6.07 Å². The topological polar surface area (TPSA) is 52.8 Å². The maximum Gasteiger partial charge on any atom is 0.145 e. The minimum Gasteiger partial charge on any atom is -0.306 e. The molecule has 1 aromatic heterocycles. The Labute approximate surface area is 109 Å². The van der Waals surface area contributed by atoms with Gasteiger partial charge in [-0.3, -0.25) is 0 Å². The molecular formula is C14H20N4. The maximum atomic E-state index is 9.08. The Morgan fingerprint density at radius 1 is 1.61 bits per heavy atom. The molecule has 4 nitrogen and oxygen atoms in total. The van der Waals surface area contributed by atoms with Crippen molar-refractivity contribution < 1.29 is 0 Å².